The summed E-state index contributed by atoms with van der Waals surface area (Å²) in [6, 6.07) is 7.77. The Balaban J connectivity index is 2.12. The highest BCUT2D eigenvalue weighted by atomic mass is 35.5. The first-order valence-corrected chi connectivity index (χ1v) is 5.76. The Kier molecular flexibility index (Phi) is 5.51. The maximum atomic E-state index is 5.79. The Bertz CT molecular complexity index is 269. The van der Waals surface area contributed by atoms with Crippen molar-refractivity contribution < 1.29 is 0 Å². The number of anilines is 1. The summed E-state index contributed by atoms with van der Waals surface area (Å²) < 4.78 is 0. The second-order valence-electron chi connectivity index (χ2n) is 4.03. The quantitative estimate of drug-likeness (QED) is 0.729. The first-order valence-electron chi connectivity index (χ1n) is 5.38. The van der Waals surface area contributed by atoms with Crippen molar-refractivity contribution in [3.63, 3.8) is 0 Å². The van der Waals surface area contributed by atoms with Crippen molar-refractivity contribution in [2.24, 2.45) is 5.92 Å². The van der Waals surface area contributed by atoms with E-state index in [1.54, 1.807) is 0 Å². The van der Waals surface area contributed by atoms with Crippen LogP contribution in [-0.4, -0.2) is 19.6 Å². The molecule has 0 saturated heterocycles. The molecule has 0 fully saturated rings. The van der Waals surface area contributed by atoms with Gasteiger partial charge in [-0.1, -0.05) is 25.4 Å². The molecule has 0 aliphatic heterocycles. The molecule has 0 aromatic heterocycles. The Morgan fingerprint density at radius 2 is 1.80 bits per heavy atom. The molecule has 0 heterocycles. The second kappa shape index (κ2) is 6.70. The van der Waals surface area contributed by atoms with Gasteiger partial charge in [0.1, 0.15) is 0 Å². The zero-order valence-electron chi connectivity index (χ0n) is 9.39. The van der Waals surface area contributed by atoms with E-state index in [2.05, 4.69) is 24.5 Å². The van der Waals surface area contributed by atoms with Crippen LogP contribution >= 0.6 is 11.6 Å². The fourth-order valence-corrected chi connectivity index (χ4v) is 1.38. The van der Waals surface area contributed by atoms with Crippen molar-refractivity contribution in [2.45, 2.75) is 13.8 Å². The highest BCUT2D eigenvalue weighted by molar-refractivity contribution is 6.30. The summed E-state index contributed by atoms with van der Waals surface area (Å²) in [6.07, 6.45) is 0. The molecule has 2 N–H and O–H groups in total. The van der Waals surface area contributed by atoms with E-state index in [1.165, 1.54) is 0 Å². The van der Waals surface area contributed by atoms with E-state index in [-0.39, 0.29) is 0 Å². The van der Waals surface area contributed by atoms with Gasteiger partial charge in [0.25, 0.3) is 0 Å². The zero-order valence-corrected chi connectivity index (χ0v) is 10.1. The molecule has 2 nitrogen and oxygen atoms in total. The Morgan fingerprint density at radius 3 is 2.40 bits per heavy atom. The number of benzene rings is 1. The average molecular weight is 227 g/mol. The molecule has 15 heavy (non-hydrogen) atoms. The van der Waals surface area contributed by atoms with Gasteiger partial charge in [0.15, 0.2) is 0 Å². The van der Waals surface area contributed by atoms with Gasteiger partial charge < -0.3 is 10.6 Å². The highest BCUT2D eigenvalue weighted by Crippen LogP contribution is 2.12. The van der Waals surface area contributed by atoms with Crippen LogP contribution in [0.5, 0.6) is 0 Å². The third kappa shape index (κ3) is 5.65. The molecule has 84 valence electrons. The van der Waals surface area contributed by atoms with Crippen LogP contribution in [0.3, 0.4) is 0 Å². The molecule has 0 unspecified atom stereocenters. The molecule has 1 rings (SSSR count). The first kappa shape index (κ1) is 12.3. The van der Waals surface area contributed by atoms with Gasteiger partial charge in [0, 0.05) is 23.8 Å². The SMILES string of the molecule is CC(C)CNCCNc1ccc(Cl)cc1. The molecule has 3 heteroatoms. The average Bonchev–Trinajstić information content (AvgIpc) is 2.20. The summed E-state index contributed by atoms with van der Waals surface area (Å²) in [5, 5.41) is 7.48. The van der Waals surface area contributed by atoms with E-state index in [9.17, 15) is 0 Å². The fraction of sp³-hybridized carbons (Fsp3) is 0.500. The van der Waals surface area contributed by atoms with Crippen molar-refractivity contribution in [1.29, 1.82) is 0 Å². The minimum absolute atomic E-state index is 0.709. The Morgan fingerprint density at radius 1 is 1.13 bits per heavy atom. The van der Waals surface area contributed by atoms with E-state index >= 15 is 0 Å². The first-order chi connectivity index (χ1) is 7.18. The molecule has 0 aliphatic rings. The number of nitrogens with one attached hydrogen (secondary N) is 2. The second-order valence-corrected chi connectivity index (χ2v) is 4.47. The van der Waals surface area contributed by atoms with Gasteiger partial charge in [0.05, 0.1) is 0 Å². The van der Waals surface area contributed by atoms with Crippen LogP contribution in [0.4, 0.5) is 5.69 Å². The molecular formula is C12H19ClN2. The highest BCUT2D eigenvalue weighted by Gasteiger charge is 1.93. The zero-order chi connectivity index (χ0) is 11.1. The lowest BCUT2D eigenvalue weighted by Gasteiger charge is -2.09. The molecule has 0 amide bonds. The van der Waals surface area contributed by atoms with Gasteiger partial charge in [-0.2, -0.15) is 0 Å². The maximum absolute atomic E-state index is 5.79. The number of hydrogen-bond donors (Lipinski definition) is 2. The van der Waals surface area contributed by atoms with Gasteiger partial charge in [-0.15, -0.1) is 0 Å². The smallest absolute Gasteiger partial charge is 0.0407 e. The van der Waals surface area contributed by atoms with E-state index in [1.807, 2.05) is 24.3 Å². The molecular weight excluding hydrogens is 208 g/mol. The summed E-state index contributed by atoms with van der Waals surface area (Å²) in [7, 11) is 0. The summed E-state index contributed by atoms with van der Waals surface area (Å²) in [5.41, 5.74) is 1.12. The summed E-state index contributed by atoms with van der Waals surface area (Å²) in [4.78, 5) is 0. The molecule has 0 radical (unpaired) electrons. The Labute approximate surface area is 97.0 Å². The van der Waals surface area contributed by atoms with Crippen LogP contribution in [0, 0.1) is 5.92 Å². The lowest BCUT2D eigenvalue weighted by atomic mass is 10.2. The summed E-state index contributed by atoms with van der Waals surface area (Å²) in [6.45, 7) is 7.41. The third-order valence-electron chi connectivity index (χ3n) is 2.03. The van der Waals surface area contributed by atoms with Crippen LogP contribution in [0.15, 0.2) is 24.3 Å². The Hall–Kier alpha value is -0.730. The maximum Gasteiger partial charge on any atom is 0.0407 e. The van der Waals surface area contributed by atoms with Gasteiger partial charge in [0.2, 0.25) is 0 Å². The van der Waals surface area contributed by atoms with Crippen molar-refractivity contribution in [1.82, 2.24) is 5.32 Å². The number of halogens is 1. The monoisotopic (exact) mass is 226 g/mol. The molecule has 1 aromatic carbocycles. The lowest BCUT2D eigenvalue weighted by Crippen LogP contribution is -2.25. The van der Waals surface area contributed by atoms with Gasteiger partial charge >= 0.3 is 0 Å². The molecule has 0 aliphatic carbocycles. The van der Waals surface area contributed by atoms with Crippen molar-refractivity contribution >= 4 is 17.3 Å². The number of rotatable bonds is 6. The predicted octanol–water partition coefficient (Wildman–Crippen LogP) is 3.00. The van der Waals surface area contributed by atoms with Crippen LogP contribution in [0.1, 0.15) is 13.8 Å². The molecule has 1 aromatic rings. The summed E-state index contributed by atoms with van der Waals surface area (Å²) >= 11 is 5.79. The van der Waals surface area contributed by atoms with Crippen LogP contribution in [0.25, 0.3) is 0 Å². The van der Waals surface area contributed by atoms with E-state index < -0.39 is 0 Å². The largest absolute Gasteiger partial charge is 0.384 e. The van der Waals surface area contributed by atoms with Gasteiger partial charge in [-0.05, 0) is 36.7 Å². The number of hydrogen-bond acceptors (Lipinski definition) is 2. The summed E-state index contributed by atoms with van der Waals surface area (Å²) in [5.74, 6) is 0.709. The third-order valence-corrected chi connectivity index (χ3v) is 2.28. The van der Waals surface area contributed by atoms with Crippen molar-refractivity contribution in [2.75, 3.05) is 25.0 Å². The molecule has 0 atom stereocenters. The van der Waals surface area contributed by atoms with E-state index in [4.69, 9.17) is 11.6 Å². The minimum Gasteiger partial charge on any atom is -0.384 e. The standard InChI is InChI=1S/C12H19ClN2/c1-10(2)9-14-7-8-15-12-5-3-11(13)4-6-12/h3-6,10,14-15H,7-9H2,1-2H3. The minimum atomic E-state index is 0.709. The topological polar surface area (TPSA) is 24.1 Å². The van der Waals surface area contributed by atoms with Gasteiger partial charge in [-0.3, -0.25) is 0 Å². The van der Waals surface area contributed by atoms with Crippen molar-refractivity contribution in [3.05, 3.63) is 29.3 Å². The van der Waals surface area contributed by atoms with E-state index in [0.717, 1.165) is 30.3 Å². The normalized spacial score (nSPS) is 10.7. The lowest BCUT2D eigenvalue weighted by molar-refractivity contribution is 0.561. The van der Waals surface area contributed by atoms with Crippen LogP contribution in [0.2, 0.25) is 5.02 Å². The van der Waals surface area contributed by atoms with Crippen molar-refractivity contribution in [3.8, 4) is 0 Å². The van der Waals surface area contributed by atoms with Crippen LogP contribution in [-0.2, 0) is 0 Å². The molecule has 0 saturated carbocycles. The predicted molar refractivity (Wildman–Crippen MR) is 67.6 cm³/mol. The van der Waals surface area contributed by atoms with Gasteiger partial charge in [-0.25, -0.2) is 0 Å². The molecule has 0 bridgehead atoms. The fourth-order valence-electron chi connectivity index (χ4n) is 1.25. The van der Waals surface area contributed by atoms with E-state index in [0.29, 0.717) is 5.92 Å². The van der Waals surface area contributed by atoms with Crippen LogP contribution < -0.4 is 10.6 Å². The molecule has 0 spiro atoms.